The second-order valence-corrected chi connectivity index (χ2v) is 8.25. The predicted octanol–water partition coefficient (Wildman–Crippen LogP) is 5.42. The summed E-state index contributed by atoms with van der Waals surface area (Å²) >= 11 is 6.11. The average molecular weight is 426 g/mol. The number of hydrogen-bond donors (Lipinski definition) is 2. The molecule has 0 amide bonds. The number of halogens is 1. The minimum Gasteiger partial charge on any atom is -0.497 e. The molecular weight excluding hydrogens is 398 g/mol. The lowest BCUT2D eigenvalue weighted by Crippen LogP contribution is -2.36. The first kappa shape index (κ1) is 20.8. The third-order valence-electron chi connectivity index (χ3n) is 5.80. The standard InChI is InChI=1S/C24H28ClN3O2/c1-29-20-11-16(12-21(14-20)30-2)15-27-18-4-6-19(7-5-18)28-23-9-10-26-24-13-17(25)3-8-22(23)24/h3,8-14,18-19,27H,4-7,15H2,1-2H3,(H,26,28). The third-order valence-corrected chi connectivity index (χ3v) is 6.03. The molecule has 0 bridgehead atoms. The van der Waals surface area contributed by atoms with Crippen LogP contribution < -0.4 is 20.1 Å². The van der Waals surface area contributed by atoms with Crippen molar-refractivity contribution in [2.24, 2.45) is 0 Å². The van der Waals surface area contributed by atoms with Crippen molar-refractivity contribution < 1.29 is 9.47 Å². The van der Waals surface area contributed by atoms with E-state index in [0.717, 1.165) is 60.3 Å². The number of methoxy groups -OCH3 is 2. The van der Waals surface area contributed by atoms with E-state index >= 15 is 0 Å². The lowest BCUT2D eigenvalue weighted by Gasteiger charge is -2.30. The molecule has 1 saturated carbocycles. The second-order valence-electron chi connectivity index (χ2n) is 7.81. The highest BCUT2D eigenvalue weighted by atomic mass is 35.5. The van der Waals surface area contributed by atoms with Gasteiger partial charge in [-0.15, -0.1) is 0 Å². The van der Waals surface area contributed by atoms with Crippen molar-refractivity contribution in [3.05, 3.63) is 59.2 Å². The summed E-state index contributed by atoms with van der Waals surface area (Å²) in [5.74, 6) is 1.65. The van der Waals surface area contributed by atoms with Gasteiger partial charge in [0.25, 0.3) is 0 Å². The molecule has 1 aliphatic carbocycles. The first-order valence-electron chi connectivity index (χ1n) is 10.4. The predicted molar refractivity (Wildman–Crippen MR) is 123 cm³/mol. The van der Waals surface area contributed by atoms with Gasteiger partial charge in [0, 0.05) is 47.0 Å². The minimum atomic E-state index is 0.473. The van der Waals surface area contributed by atoms with Crippen molar-refractivity contribution in [2.45, 2.75) is 44.3 Å². The number of ether oxygens (including phenoxy) is 2. The van der Waals surface area contributed by atoms with Gasteiger partial charge in [0.15, 0.2) is 0 Å². The van der Waals surface area contributed by atoms with Gasteiger partial charge in [-0.2, -0.15) is 0 Å². The van der Waals surface area contributed by atoms with E-state index in [1.807, 2.05) is 30.5 Å². The van der Waals surface area contributed by atoms with E-state index in [0.29, 0.717) is 17.1 Å². The highest BCUT2D eigenvalue weighted by molar-refractivity contribution is 6.31. The Labute approximate surface area is 182 Å². The summed E-state index contributed by atoms with van der Waals surface area (Å²) in [6.07, 6.45) is 6.41. The summed E-state index contributed by atoms with van der Waals surface area (Å²) in [6, 6.07) is 14.9. The molecule has 0 spiro atoms. The minimum absolute atomic E-state index is 0.473. The molecule has 1 heterocycles. The van der Waals surface area contributed by atoms with Gasteiger partial charge in [0.1, 0.15) is 11.5 Å². The van der Waals surface area contributed by atoms with Gasteiger partial charge in [0.05, 0.1) is 19.7 Å². The van der Waals surface area contributed by atoms with E-state index in [9.17, 15) is 0 Å². The van der Waals surface area contributed by atoms with Crippen molar-refractivity contribution in [1.29, 1.82) is 0 Å². The normalized spacial score (nSPS) is 18.9. The summed E-state index contributed by atoms with van der Waals surface area (Å²) in [4.78, 5) is 4.43. The Morgan fingerprint density at radius 3 is 2.33 bits per heavy atom. The van der Waals surface area contributed by atoms with Crippen LogP contribution in [0.2, 0.25) is 5.02 Å². The summed E-state index contributed by atoms with van der Waals surface area (Å²) in [5, 5.41) is 9.26. The molecule has 4 rings (SSSR count). The number of fused-ring (bicyclic) bond motifs is 1. The van der Waals surface area contributed by atoms with Crippen LogP contribution >= 0.6 is 11.6 Å². The topological polar surface area (TPSA) is 55.4 Å². The molecule has 6 heteroatoms. The summed E-state index contributed by atoms with van der Waals surface area (Å²) in [6.45, 7) is 0.812. The zero-order chi connectivity index (χ0) is 20.9. The lowest BCUT2D eigenvalue weighted by atomic mass is 9.90. The molecule has 0 saturated heterocycles. The summed E-state index contributed by atoms with van der Waals surface area (Å²) in [5.41, 5.74) is 3.24. The number of benzene rings is 2. The van der Waals surface area contributed by atoms with Crippen molar-refractivity contribution in [2.75, 3.05) is 19.5 Å². The van der Waals surface area contributed by atoms with E-state index in [1.165, 1.54) is 5.56 Å². The Morgan fingerprint density at radius 1 is 0.933 bits per heavy atom. The number of hydrogen-bond acceptors (Lipinski definition) is 5. The van der Waals surface area contributed by atoms with Crippen LogP contribution in [0.5, 0.6) is 11.5 Å². The van der Waals surface area contributed by atoms with Gasteiger partial charge in [-0.05, 0) is 67.6 Å². The smallest absolute Gasteiger partial charge is 0.122 e. The maximum absolute atomic E-state index is 6.11. The third kappa shape index (κ3) is 4.97. The number of pyridine rings is 1. The van der Waals surface area contributed by atoms with Gasteiger partial charge in [0.2, 0.25) is 0 Å². The largest absolute Gasteiger partial charge is 0.497 e. The molecule has 158 valence electrons. The number of anilines is 1. The van der Waals surface area contributed by atoms with Crippen LogP contribution in [-0.4, -0.2) is 31.3 Å². The van der Waals surface area contributed by atoms with Crippen LogP contribution in [0.25, 0.3) is 10.9 Å². The van der Waals surface area contributed by atoms with E-state index in [4.69, 9.17) is 21.1 Å². The van der Waals surface area contributed by atoms with Gasteiger partial charge in [-0.25, -0.2) is 0 Å². The Balaban J connectivity index is 1.32. The fraction of sp³-hybridized carbons (Fsp3) is 0.375. The molecule has 30 heavy (non-hydrogen) atoms. The first-order chi connectivity index (χ1) is 14.6. The number of rotatable bonds is 7. The van der Waals surface area contributed by atoms with Gasteiger partial charge >= 0.3 is 0 Å². The van der Waals surface area contributed by atoms with E-state index in [1.54, 1.807) is 14.2 Å². The van der Waals surface area contributed by atoms with Gasteiger partial charge in [-0.1, -0.05) is 11.6 Å². The van der Waals surface area contributed by atoms with Crippen LogP contribution in [0.1, 0.15) is 31.2 Å². The molecule has 0 aliphatic heterocycles. The Morgan fingerprint density at radius 2 is 1.63 bits per heavy atom. The lowest BCUT2D eigenvalue weighted by molar-refractivity contribution is 0.352. The molecule has 1 aromatic heterocycles. The van der Waals surface area contributed by atoms with Crippen LogP contribution in [0.3, 0.4) is 0 Å². The molecule has 3 aromatic rings. The number of nitrogens with one attached hydrogen (secondary N) is 2. The van der Waals surface area contributed by atoms with Crippen LogP contribution in [0.15, 0.2) is 48.7 Å². The van der Waals surface area contributed by atoms with Crippen molar-refractivity contribution >= 4 is 28.2 Å². The Kier molecular flexibility index (Phi) is 6.60. The maximum Gasteiger partial charge on any atom is 0.122 e. The van der Waals surface area contributed by atoms with Crippen molar-refractivity contribution in [3.8, 4) is 11.5 Å². The molecule has 2 N–H and O–H groups in total. The zero-order valence-electron chi connectivity index (χ0n) is 17.5. The molecule has 0 atom stereocenters. The van der Waals surface area contributed by atoms with Crippen molar-refractivity contribution in [1.82, 2.24) is 10.3 Å². The molecule has 1 fully saturated rings. The number of nitrogens with zero attached hydrogens (tertiary/aromatic N) is 1. The summed E-state index contributed by atoms with van der Waals surface area (Å²) in [7, 11) is 3.36. The quantitative estimate of drug-likeness (QED) is 0.529. The zero-order valence-corrected chi connectivity index (χ0v) is 18.2. The Bertz CT molecular complexity index is 981. The molecule has 0 radical (unpaired) electrons. The summed E-state index contributed by atoms with van der Waals surface area (Å²) < 4.78 is 10.7. The Hall–Kier alpha value is -2.50. The van der Waals surface area contributed by atoms with Crippen LogP contribution in [0.4, 0.5) is 5.69 Å². The van der Waals surface area contributed by atoms with Gasteiger partial charge in [-0.3, -0.25) is 4.98 Å². The van der Waals surface area contributed by atoms with Gasteiger partial charge < -0.3 is 20.1 Å². The highest BCUT2D eigenvalue weighted by Crippen LogP contribution is 2.28. The maximum atomic E-state index is 6.11. The first-order valence-corrected chi connectivity index (χ1v) is 10.8. The van der Waals surface area contributed by atoms with Crippen molar-refractivity contribution in [3.63, 3.8) is 0 Å². The highest BCUT2D eigenvalue weighted by Gasteiger charge is 2.21. The number of aromatic nitrogens is 1. The molecule has 0 unspecified atom stereocenters. The van der Waals surface area contributed by atoms with E-state index in [2.05, 4.69) is 33.8 Å². The second kappa shape index (κ2) is 9.54. The fourth-order valence-corrected chi connectivity index (χ4v) is 4.31. The molecule has 1 aliphatic rings. The monoisotopic (exact) mass is 425 g/mol. The molecule has 2 aromatic carbocycles. The fourth-order valence-electron chi connectivity index (χ4n) is 4.14. The molecule has 5 nitrogen and oxygen atoms in total. The average Bonchev–Trinajstić information content (AvgIpc) is 2.78. The van der Waals surface area contributed by atoms with E-state index in [-0.39, 0.29) is 0 Å². The molecular formula is C24H28ClN3O2. The SMILES string of the molecule is COc1cc(CNC2CCC(Nc3ccnc4cc(Cl)ccc34)CC2)cc(OC)c1. The van der Waals surface area contributed by atoms with E-state index < -0.39 is 0 Å². The van der Waals surface area contributed by atoms with Crippen LogP contribution in [0, 0.1) is 0 Å². The van der Waals surface area contributed by atoms with Crippen LogP contribution in [-0.2, 0) is 6.54 Å².